The first kappa shape index (κ1) is 21.3. The molecule has 2 aromatic heterocycles. The van der Waals surface area contributed by atoms with Gasteiger partial charge in [0.1, 0.15) is 17.6 Å². The normalized spacial score (nSPS) is 15.4. The molecule has 1 fully saturated rings. The van der Waals surface area contributed by atoms with E-state index in [1.807, 2.05) is 5.38 Å². The maximum absolute atomic E-state index is 13.6. The lowest BCUT2D eigenvalue weighted by Crippen LogP contribution is -2.46. The van der Waals surface area contributed by atoms with Crippen LogP contribution in [0.4, 0.5) is 4.39 Å². The molecule has 2 heterocycles. The molecule has 1 aliphatic rings. The largest absolute Gasteiger partial charge is 0.467 e. The van der Waals surface area contributed by atoms with Crippen molar-refractivity contribution in [2.45, 2.75) is 50.7 Å². The molecule has 1 saturated carbocycles. The quantitative estimate of drug-likeness (QED) is 0.541. The molecule has 1 atom stereocenters. The predicted octanol–water partition coefficient (Wildman–Crippen LogP) is 5.31. The maximum Gasteiger partial charge on any atom is 0.265 e. The molecule has 7 heteroatoms. The molecule has 1 aromatic carbocycles. The number of nitrogens with one attached hydrogen (secondary N) is 1. The van der Waals surface area contributed by atoms with Crippen molar-refractivity contribution in [3.8, 4) is 0 Å². The standard InChI is InChI=1S/C24H25FN2O3S/c25-18-12-10-17(11-13-18)22(23(28)26-19-6-2-1-3-7-19)27(16-20-8-4-14-30-20)24(29)21-9-5-15-31-21/h4-5,8-15,19,22H,1-3,6-7,16H2,(H,26,28). The van der Waals surface area contributed by atoms with Crippen LogP contribution >= 0.6 is 11.3 Å². The van der Waals surface area contributed by atoms with Gasteiger partial charge in [0.15, 0.2) is 0 Å². The molecule has 162 valence electrons. The number of halogens is 1. The molecule has 2 amide bonds. The summed E-state index contributed by atoms with van der Waals surface area (Å²) in [5, 5.41) is 4.97. The summed E-state index contributed by atoms with van der Waals surface area (Å²) in [5.41, 5.74) is 0.561. The zero-order valence-electron chi connectivity index (χ0n) is 17.1. The lowest BCUT2D eigenvalue weighted by molar-refractivity contribution is -0.127. The first-order valence-corrected chi connectivity index (χ1v) is 11.4. The number of furan rings is 1. The Morgan fingerprint density at radius 3 is 2.52 bits per heavy atom. The Morgan fingerprint density at radius 2 is 1.87 bits per heavy atom. The van der Waals surface area contributed by atoms with Crippen LogP contribution in [0.3, 0.4) is 0 Å². The SMILES string of the molecule is O=C(NC1CCCCC1)C(c1ccc(F)cc1)N(Cc1ccco1)C(=O)c1cccs1. The van der Waals surface area contributed by atoms with E-state index in [2.05, 4.69) is 5.32 Å². The van der Waals surface area contributed by atoms with E-state index in [1.54, 1.807) is 36.4 Å². The van der Waals surface area contributed by atoms with E-state index >= 15 is 0 Å². The Kier molecular flexibility index (Phi) is 6.82. The van der Waals surface area contributed by atoms with Gasteiger partial charge < -0.3 is 14.6 Å². The Hall–Kier alpha value is -2.93. The Labute approximate surface area is 184 Å². The minimum atomic E-state index is -0.901. The molecule has 0 radical (unpaired) electrons. The Bertz CT molecular complexity index is 981. The van der Waals surface area contributed by atoms with Gasteiger partial charge in [0.25, 0.3) is 5.91 Å². The van der Waals surface area contributed by atoms with Crippen molar-refractivity contribution in [3.63, 3.8) is 0 Å². The fourth-order valence-electron chi connectivity index (χ4n) is 4.04. The summed E-state index contributed by atoms with van der Waals surface area (Å²) >= 11 is 1.32. The van der Waals surface area contributed by atoms with Gasteiger partial charge in [-0.15, -0.1) is 11.3 Å². The number of hydrogen-bond donors (Lipinski definition) is 1. The van der Waals surface area contributed by atoms with Crippen molar-refractivity contribution in [1.82, 2.24) is 10.2 Å². The third kappa shape index (κ3) is 5.22. The number of hydrogen-bond acceptors (Lipinski definition) is 4. The van der Waals surface area contributed by atoms with Gasteiger partial charge in [-0.1, -0.05) is 37.5 Å². The van der Waals surface area contributed by atoms with E-state index in [9.17, 15) is 14.0 Å². The number of nitrogens with zero attached hydrogens (tertiary/aromatic N) is 1. The molecule has 0 aliphatic heterocycles. The average Bonchev–Trinajstić information content (AvgIpc) is 3.49. The van der Waals surface area contributed by atoms with Gasteiger partial charge >= 0.3 is 0 Å². The monoisotopic (exact) mass is 440 g/mol. The molecule has 31 heavy (non-hydrogen) atoms. The van der Waals surface area contributed by atoms with Gasteiger partial charge in [0.2, 0.25) is 5.91 Å². The van der Waals surface area contributed by atoms with Gasteiger partial charge in [-0.3, -0.25) is 9.59 Å². The fourth-order valence-corrected chi connectivity index (χ4v) is 4.72. The van der Waals surface area contributed by atoms with Crippen molar-refractivity contribution in [2.24, 2.45) is 0 Å². The van der Waals surface area contributed by atoms with Crippen molar-refractivity contribution in [3.05, 3.63) is 82.2 Å². The predicted molar refractivity (Wildman–Crippen MR) is 117 cm³/mol. The van der Waals surface area contributed by atoms with Gasteiger partial charge in [-0.2, -0.15) is 0 Å². The lowest BCUT2D eigenvalue weighted by Gasteiger charge is -2.32. The second-order valence-corrected chi connectivity index (χ2v) is 8.74. The third-order valence-electron chi connectivity index (χ3n) is 5.60. The van der Waals surface area contributed by atoms with Crippen LogP contribution in [-0.4, -0.2) is 22.8 Å². The molecular formula is C24H25FN2O3S. The summed E-state index contributed by atoms with van der Waals surface area (Å²) in [6, 6.07) is 12.0. The molecule has 1 N–H and O–H groups in total. The van der Waals surface area contributed by atoms with Crippen LogP contribution in [0, 0.1) is 5.82 Å². The number of amides is 2. The topological polar surface area (TPSA) is 62.6 Å². The molecule has 1 aliphatic carbocycles. The van der Waals surface area contributed by atoms with Gasteiger partial charge in [0, 0.05) is 6.04 Å². The molecule has 4 rings (SSSR count). The summed E-state index contributed by atoms with van der Waals surface area (Å²) in [5.74, 6) is -0.339. The molecule has 0 bridgehead atoms. The van der Waals surface area contributed by atoms with Gasteiger partial charge in [-0.25, -0.2) is 4.39 Å². The molecule has 1 unspecified atom stereocenters. The van der Waals surface area contributed by atoms with E-state index in [0.717, 1.165) is 25.7 Å². The lowest BCUT2D eigenvalue weighted by atomic mass is 9.94. The highest BCUT2D eigenvalue weighted by Crippen LogP contribution is 2.28. The van der Waals surface area contributed by atoms with Crippen LogP contribution < -0.4 is 5.32 Å². The minimum absolute atomic E-state index is 0.0894. The number of carbonyl (C=O) groups excluding carboxylic acids is 2. The number of carbonyl (C=O) groups is 2. The highest BCUT2D eigenvalue weighted by Gasteiger charge is 2.34. The van der Waals surface area contributed by atoms with E-state index in [-0.39, 0.29) is 24.4 Å². The zero-order valence-corrected chi connectivity index (χ0v) is 17.9. The second kappa shape index (κ2) is 9.92. The summed E-state index contributed by atoms with van der Waals surface area (Å²) in [4.78, 5) is 29.0. The van der Waals surface area contributed by atoms with E-state index in [4.69, 9.17) is 4.42 Å². The van der Waals surface area contributed by atoms with Crippen molar-refractivity contribution in [2.75, 3.05) is 0 Å². The molecule has 3 aromatic rings. The summed E-state index contributed by atoms with van der Waals surface area (Å²) < 4.78 is 19.1. The first-order valence-electron chi connectivity index (χ1n) is 10.5. The maximum atomic E-state index is 13.6. The van der Waals surface area contributed by atoms with Gasteiger partial charge in [0.05, 0.1) is 17.7 Å². The molecule has 0 saturated heterocycles. The van der Waals surface area contributed by atoms with Crippen LogP contribution in [0.5, 0.6) is 0 Å². The molecule has 0 spiro atoms. The second-order valence-electron chi connectivity index (χ2n) is 7.79. The highest BCUT2D eigenvalue weighted by atomic mass is 32.1. The Morgan fingerprint density at radius 1 is 1.10 bits per heavy atom. The third-order valence-corrected chi connectivity index (χ3v) is 6.45. The molecule has 5 nitrogen and oxygen atoms in total. The van der Waals surface area contributed by atoms with Crippen LogP contribution in [0.1, 0.15) is 59.1 Å². The number of rotatable bonds is 7. The fraction of sp³-hybridized carbons (Fsp3) is 0.333. The van der Waals surface area contributed by atoms with Crippen molar-refractivity contribution < 1.29 is 18.4 Å². The van der Waals surface area contributed by atoms with Crippen LogP contribution in [0.15, 0.2) is 64.6 Å². The van der Waals surface area contributed by atoms with Crippen molar-refractivity contribution >= 4 is 23.2 Å². The van der Waals surface area contributed by atoms with E-state index in [1.165, 1.54) is 41.1 Å². The number of benzene rings is 1. The summed E-state index contributed by atoms with van der Waals surface area (Å²) in [6.07, 6.45) is 6.73. The Balaban J connectivity index is 1.70. The minimum Gasteiger partial charge on any atom is -0.467 e. The number of thiophene rings is 1. The molecular weight excluding hydrogens is 415 g/mol. The van der Waals surface area contributed by atoms with Crippen molar-refractivity contribution in [1.29, 1.82) is 0 Å². The average molecular weight is 441 g/mol. The van der Waals surface area contributed by atoms with Crippen LogP contribution in [0.25, 0.3) is 0 Å². The smallest absolute Gasteiger partial charge is 0.265 e. The van der Waals surface area contributed by atoms with E-state index in [0.29, 0.717) is 16.2 Å². The van der Waals surface area contributed by atoms with Crippen LogP contribution in [0.2, 0.25) is 0 Å². The zero-order chi connectivity index (χ0) is 21.6. The van der Waals surface area contributed by atoms with Crippen LogP contribution in [-0.2, 0) is 11.3 Å². The van der Waals surface area contributed by atoms with E-state index < -0.39 is 11.9 Å². The highest BCUT2D eigenvalue weighted by molar-refractivity contribution is 7.12. The summed E-state index contributed by atoms with van der Waals surface area (Å²) in [6.45, 7) is 0.129. The first-order chi connectivity index (χ1) is 15.1. The summed E-state index contributed by atoms with van der Waals surface area (Å²) in [7, 11) is 0. The van der Waals surface area contributed by atoms with Gasteiger partial charge in [-0.05, 0) is 54.1 Å².